The van der Waals surface area contributed by atoms with Gasteiger partial charge < -0.3 is 5.32 Å². The van der Waals surface area contributed by atoms with E-state index in [0.29, 0.717) is 24.2 Å². The summed E-state index contributed by atoms with van der Waals surface area (Å²) in [5.41, 5.74) is 2.00. The second-order valence-corrected chi connectivity index (χ2v) is 7.18. The van der Waals surface area contributed by atoms with Crippen LogP contribution in [0.25, 0.3) is 0 Å². The van der Waals surface area contributed by atoms with Crippen LogP contribution >= 0.6 is 0 Å². The smallest absolute Gasteiger partial charge is 0.269 e. The number of non-ortho nitro benzene ring substituents is 1. The van der Waals surface area contributed by atoms with E-state index < -0.39 is 4.92 Å². The Labute approximate surface area is 159 Å². The number of benzene rings is 2. The number of rotatable bonds is 6. The third-order valence-corrected chi connectivity index (χ3v) is 5.35. The minimum absolute atomic E-state index is 0.0142. The second-order valence-electron chi connectivity index (χ2n) is 7.18. The highest BCUT2D eigenvalue weighted by atomic mass is 16.6. The lowest BCUT2D eigenvalue weighted by Crippen LogP contribution is -2.39. The van der Waals surface area contributed by atoms with Gasteiger partial charge in [0.25, 0.3) is 5.69 Å². The van der Waals surface area contributed by atoms with Crippen molar-refractivity contribution < 1.29 is 9.72 Å². The maximum Gasteiger partial charge on any atom is 0.269 e. The number of amides is 1. The van der Waals surface area contributed by atoms with Gasteiger partial charge in [-0.3, -0.25) is 19.8 Å². The highest BCUT2D eigenvalue weighted by Crippen LogP contribution is 2.34. The lowest BCUT2D eigenvalue weighted by Gasteiger charge is -2.34. The summed E-state index contributed by atoms with van der Waals surface area (Å²) in [6.07, 6.45) is 4.45. The van der Waals surface area contributed by atoms with Crippen molar-refractivity contribution in [3.63, 3.8) is 0 Å². The number of likely N-dealkylation sites (N-methyl/N-ethyl adjacent to an activating group) is 1. The molecule has 1 aliphatic rings. The fourth-order valence-electron chi connectivity index (χ4n) is 3.80. The molecule has 1 N–H and O–H groups in total. The predicted molar refractivity (Wildman–Crippen MR) is 106 cm³/mol. The standard InChI is InChI=1S/C21H25N3O3/c1-23(15-21(25)22-18-9-13-20(14-10-18)24(26)27)19-11-7-17(8-12-19)16-5-3-2-4-6-16/h2-6,9-10,13-14,17,19H,7-8,11-12,15H2,1H3,(H,22,25). The van der Waals surface area contributed by atoms with Crippen LogP contribution in [-0.4, -0.2) is 35.4 Å². The van der Waals surface area contributed by atoms with Gasteiger partial charge in [-0.2, -0.15) is 0 Å². The van der Waals surface area contributed by atoms with Crippen LogP contribution in [0, 0.1) is 10.1 Å². The largest absolute Gasteiger partial charge is 0.325 e. The first-order valence-corrected chi connectivity index (χ1v) is 9.32. The third kappa shape index (κ3) is 5.14. The molecule has 0 aromatic heterocycles. The molecule has 1 amide bonds. The molecule has 6 heteroatoms. The average molecular weight is 367 g/mol. The lowest BCUT2D eigenvalue weighted by molar-refractivity contribution is -0.384. The quantitative estimate of drug-likeness (QED) is 0.613. The zero-order valence-corrected chi connectivity index (χ0v) is 15.5. The number of carbonyl (C=O) groups excluding carboxylic acids is 1. The minimum Gasteiger partial charge on any atom is -0.325 e. The number of nitrogens with zero attached hydrogens (tertiary/aromatic N) is 2. The maximum absolute atomic E-state index is 12.3. The molecular weight excluding hydrogens is 342 g/mol. The van der Waals surface area contributed by atoms with E-state index in [9.17, 15) is 14.9 Å². The molecule has 0 atom stereocenters. The Balaban J connectivity index is 1.47. The third-order valence-electron chi connectivity index (χ3n) is 5.35. The van der Waals surface area contributed by atoms with E-state index in [1.54, 1.807) is 12.1 Å². The Hall–Kier alpha value is -2.73. The van der Waals surface area contributed by atoms with Gasteiger partial charge >= 0.3 is 0 Å². The molecule has 0 heterocycles. The van der Waals surface area contributed by atoms with Crippen LogP contribution in [0.3, 0.4) is 0 Å². The molecule has 0 spiro atoms. The minimum atomic E-state index is -0.453. The molecule has 2 aromatic carbocycles. The van der Waals surface area contributed by atoms with Crippen molar-refractivity contribution in [3.05, 3.63) is 70.3 Å². The van der Waals surface area contributed by atoms with Crippen LogP contribution in [0.2, 0.25) is 0 Å². The Kier molecular flexibility index (Phi) is 6.19. The summed E-state index contributed by atoms with van der Waals surface area (Å²) in [5, 5.41) is 13.5. The molecule has 1 aliphatic carbocycles. The van der Waals surface area contributed by atoms with Crippen LogP contribution in [0.1, 0.15) is 37.2 Å². The van der Waals surface area contributed by atoms with Crippen molar-refractivity contribution in [3.8, 4) is 0 Å². The normalized spacial score (nSPS) is 19.6. The van der Waals surface area contributed by atoms with Gasteiger partial charge in [-0.1, -0.05) is 30.3 Å². The van der Waals surface area contributed by atoms with Gasteiger partial charge in [-0.25, -0.2) is 0 Å². The Morgan fingerprint density at radius 1 is 1.07 bits per heavy atom. The van der Waals surface area contributed by atoms with E-state index in [-0.39, 0.29) is 11.6 Å². The average Bonchev–Trinajstić information content (AvgIpc) is 2.69. The Morgan fingerprint density at radius 3 is 2.30 bits per heavy atom. The number of nitro benzene ring substituents is 1. The molecule has 1 saturated carbocycles. The van der Waals surface area contributed by atoms with E-state index >= 15 is 0 Å². The van der Waals surface area contributed by atoms with Crippen molar-refractivity contribution in [2.24, 2.45) is 0 Å². The summed E-state index contributed by atoms with van der Waals surface area (Å²) in [5.74, 6) is 0.515. The summed E-state index contributed by atoms with van der Waals surface area (Å²) in [6, 6.07) is 16.9. The summed E-state index contributed by atoms with van der Waals surface area (Å²) >= 11 is 0. The summed E-state index contributed by atoms with van der Waals surface area (Å²) in [4.78, 5) is 24.6. The molecule has 0 aliphatic heterocycles. The van der Waals surface area contributed by atoms with Crippen LogP contribution in [0.4, 0.5) is 11.4 Å². The molecule has 1 fully saturated rings. The topological polar surface area (TPSA) is 75.5 Å². The zero-order valence-electron chi connectivity index (χ0n) is 15.5. The molecule has 6 nitrogen and oxygen atoms in total. The predicted octanol–water partition coefficient (Wildman–Crippen LogP) is 4.19. The van der Waals surface area contributed by atoms with E-state index in [1.807, 2.05) is 13.1 Å². The Morgan fingerprint density at radius 2 is 1.70 bits per heavy atom. The van der Waals surface area contributed by atoms with Gasteiger partial charge in [0.2, 0.25) is 5.91 Å². The van der Waals surface area contributed by atoms with Gasteiger partial charge in [0, 0.05) is 23.9 Å². The molecule has 0 saturated heterocycles. The number of anilines is 1. The van der Waals surface area contributed by atoms with Crippen LogP contribution in [0.15, 0.2) is 54.6 Å². The number of nitro groups is 1. The number of nitrogens with one attached hydrogen (secondary N) is 1. The van der Waals surface area contributed by atoms with Crippen LogP contribution < -0.4 is 5.32 Å². The zero-order chi connectivity index (χ0) is 19.2. The van der Waals surface area contributed by atoms with Crippen LogP contribution in [-0.2, 0) is 4.79 Å². The maximum atomic E-state index is 12.3. The number of carbonyl (C=O) groups is 1. The van der Waals surface area contributed by atoms with Gasteiger partial charge in [0.15, 0.2) is 0 Å². The number of hydrogen-bond acceptors (Lipinski definition) is 4. The van der Waals surface area contributed by atoms with Crippen molar-refractivity contribution in [2.75, 3.05) is 18.9 Å². The van der Waals surface area contributed by atoms with E-state index in [1.165, 1.54) is 17.7 Å². The molecule has 142 valence electrons. The van der Waals surface area contributed by atoms with E-state index in [2.05, 4.69) is 34.5 Å². The first-order valence-electron chi connectivity index (χ1n) is 9.32. The van der Waals surface area contributed by atoms with Crippen molar-refractivity contribution in [1.82, 2.24) is 4.90 Å². The molecular formula is C21H25N3O3. The molecule has 0 unspecified atom stereocenters. The second kappa shape index (κ2) is 8.77. The molecule has 3 rings (SSSR count). The van der Waals surface area contributed by atoms with Gasteiger partial charge in [0.1, 0.15) is 0 Å². The van der Waals surface area contributed by atoms with Crippen molar-refractivity contribution in [1.29, 1.82) is 0 Å². The first-order chi connectivity index (χ1) is 13.0. The van der Waals surface area contributed by atoms with Gasteiger partial charge in [-0.05, 0) is 56.3 Å². The van der Waals surface area contributed by atoms with Crippen LogP contribution in [0.5, 0.6) is 0 Å². The van der Waals surface area contributed by atoms with E-state index in [0.717, 1.165) is 25.7 Å². The van der Waals surface area contributed by atoms with Gasteiger partial charge in [0.05, 0.1) is 11.5 Å². The fraction of sp³-hybridized carbons (Fsp3) is 0.381. The molecule has 2 aromatic rings. The molecule has 0 radical (unpaired) electrons. The lowest BCUT2D eigenvalue weighted by atomic mass is 9.81. The number of hydrogen-bond donors (Lipinski definition) is 1. The van der Waals surface area contributed by atoms with E-state index in [4.69, 9.17) is 0 Å². The monoisotopic (exact) mass is 367 g/mol. The summed E-state index contributed by atoms with van der Waals surface area (Å²) in [6.45, 7) is 0.317. The highest BCUT2D eigenvalue weighted by Gasteiger charge is 2.25. The van der Waals surface area contributed by atoms with Crippen molar-refractivity contribution >= 4 is 17.3 Å². The SMILES string of the molecule is CN(CC(=O)Nc1ccc([N+](=O)[O-])cc1)C1CCC(c2ccccc2)CC1. The fourth-order valence-corrected chi connectivity index (χ4v) is 3.80. The highest BCUT2D eigenvalue weighted by molar-refractivity contribution is 5.92. The van der Waals surface area contributed by atoms with Gasteiger partial charge in [-0.15, -0.1) is 0 Å². The summed E-state index contributed by atoms with van der Waals surface area (Å²) in [7, 11) is 1.99. The first kappa shape index (κ1) is 19.0. The molecule has 27 heavy (non-hydrogen) atoms. The molecule has 0 bridgehead atoms. The van der Waals surface area contributed by atoms with Crippen molar-refractivity contribution in [2.45, 2.75) is 37.6 Å². The summed E-state index contributed by atoms with van der Waals surface area (Å²) < 4.78 is 0. The Bertz CT molecular complexity index is 769.